The van der Waals surface area contributed by atoms with Gasteiger partial charge in [0.05, 0.1) is 30.4 Å². The van der Waals surface area contributed by atoms with Crippen molar-refractivity contribution in [3.8, 4) is 5.75 Å². The summed E-state index contributed by atoms with van der Waals surface area (Å²) < 4.78 is 44.0. The number of anilines is 5. The molecule has 9 nitrogen and oxygen atoms in total. The molecule has 3 N–H and O–H groups in total. The Labute approximate surface area is 197 Å². The highest BCUT2D eigenvalue weighted by atomic mass is 35.5. The summed E-state index contributed by atoms with van der Waals surface area (Å²) in [7, 11) is -4.76. The number of hydrogen-bond donors (Lipinski definition) is 3. The molecule has 0 spiro atoms. The van der Waals surface area contributed by atoms with Gasteiger partial charge < -0.3 is 19.9 Å². The van der Waals surface area contributed by atoms with Gasteiger partial charge in [-0.1, -0.05) is 30.3 Å². The van der Waals surface area contributed by atoms with Crippen molar-refractivity contribution in [1.82, 2.24) is 9.97 Å². The second-order valence-electron chi connectivity index (χ2n) is 7.24. The lowest BCUT2D eigenvalue weighted by Crippen LogP contribution is -2.11. The van der Waals surface area contributed by atoms with Crippen LogP contribution in [-0.4, -0.2) is 38.8 Å². The van der Waals surface area contributed by atoms with E-state index in [9.17, 15) is 13.0 Å². The standard InChI is InChI=1S/C21H23ClN5O4PS/c1-5-33(29,30)27-14-10-11-18(31-2)17(12-14)25-21-23-13-15(22)20(26-21)24-16-8-6-7-9-19(16)32(3,4)28/h5-13,27H,1H2,2-4H3,(H2,23,24,25,26). The molecule has 0 aliphatic carbocycles. The van der Waals surface area contributed by atoms with Gasteiger partial charge in [-0.15, -0.1) is 0 Å². The normalized spacial score (nSPS) is 11.5. The van der Waals surface area contributed by atoms with E-state index in [4.69, 9.17) is 16.3 Å². The van der Waals surface area contributed by atoms with Crippen molar-refractivity contribution in [3.63, 3.8) is 0 Å². The third-order valence-electron chi connectivity index (χ3n) is 4.41. The molecule has 1 heterocycles. The number of hydrogen-bond acceptors (Lipinski definition) is 8. The molecule has 0 bridgehead atoms. The molecule has 0 fully saturated rings. The molecule has 0 saturated carbocycles. The first-order chi connectivity index (χ1) is 15.5. The summed E-state index contributed by atoms with van der Waals surface area (Å²) in [5, 5.41) is 7.87. The highest BCUT2D eigenvalue weighted by molar-refractivity contribution is 7.95. The number of nitrogens with one attached hydrogen (secondary N) is 3. The molecule has 3 rings (SSSR count). The molecule has 33 heavy (non-hydrogen) atoms. The minimum Gasteiger partial charge on any atom is -0.495 e. The van der Waals surface area contributed by atoms with Crippen LogP contribution in [0, 0.1) is 0 Å². The minimum absolute atomic E-state index is 0.178. The Bertz CT molecular complexity index is 1340. The fourth-order valence-corrected chi connectivity index (χ4v) is 4.72. The summed E-state index contributed by atoms with van der Waals surface area (Å²) in [4.78, 5) is 8.60. The molecule has 0 aliphatic rings. The Morgan fingerprint density at radius 2 is 1.85 bits per heavy atom. The first-order valence-corrected chi connectivity index (χ1v) is 14.1. The number of rotatable bonds is 9. The topological polar surface area (TPSA) is 122 Å². The summed E-state index contributed by atoms with van der Waals surface area (Å²) in [5.74, 6) is 0.919. The number of methoxy groups -OCH3 is 1. The van der Waals surface area contributed by atoms with E-state index < -0.39 is 17.2 Å². The third-order valence-corrected chi connectivity index (χ3v) is 7.19. The first-order valence-electron chi connectivity index (χ1n) is 9.57. The SMILES string of the molecule is C=CS(=O)(=O)Nc1ccc(OC)c(Nc2ncc(Cl)c(Nc3ccccc3P(C)(C)=O)n2)c1. The van der Waals surface area contributed by atoms with Crippen LogP contribution in [0.5, 0.6) is 5.75 Å². The van der Waals surface area contributed by atoms with Gasteiger partial charge in [-0.05, 0) is 43.7 Å². The van der Waals surface area contributed by atoms with Crippen LogP contribution in [-0.2, 0) is 14.6 Å². The van der Waals surface area contributed by atoms with E-state index in [1.807, 2.05) is 12.1 Å². The largest absolute Gasteiger partial charge is 0.495 e. The van der Waals surface area contributed by atoms with Crippen LogP contribution >= 0.6 is 18.7 Å². The van der Waals surface area contributed by atoms with Crippen LogP contribution < -0.4 is 25.4 Å². The molecule has 12 heteroatoms. The van der Waals surface area contributed by atoms with E-state index in [0.29, 0.717) is 33.9 Å². The van der Waals surface area contributed by atoms with E-state index in [-0.39, 0.29) is 11.0 Å². The maximum atomic E-state index is 12.7. The Morgan fingerprint density at radius 1 is 1.12 bits per heavy atom. The highest BCUT2D eigenvalue weighted by Crippen LogP contribution is 2.39. The van der Waals surface area contributed by atoms with Crippen LogP contribution in [0.25, 0.3) is 0 Å². The minimum atomic E-state index is -3.68. The molecule has 0 amide bonds. The van der Waals surface area contributed by atoms with Crippen molar-refractivity contribution in [1.29, 1.82) is 0 Å². The van der Waals surface area contributed by atoms with Gasteiger partial charge in [0, 0.05) is 10.7 Å². The lowest BCUT2D eigenvalue weighted by molar-refractivity contribution is 0.417. The summed E-state index contributed by atoms with van der Waals surface area (Å²) in [6.07, 6.45) is 1.41. The van der Waals surface area contributed by atoms with Crippen molar-refractivity contribution < 1.29 is 17.7 Å². The number of para-hydroxylation sites is 1. The summed E-state index contributed by atoms with van der Waals surface area (Å²) in [6, 6.07) is 11.9. The Hall–Kier alpha value is -3.07. The molecule has 0 radical (unpaired) electrons. The van der Waals surface area contributed by atoms with E-state index >= 15 is 0 Å². The van der Waals surface area contributed by atoms with Crippen molar-refractivity contribution in [3.05, 3.63) is 65.7 Å². The number of nitrogens with zero attached hydrogens (tertiary/aromatic N) is 2. The second-order valence-corrected chi connectivity index (χ2v) is 12.5. The van der Waals surface area contributed by atoms with E-state index in [1.165, 1.54) is 19.4 Å². The van der Waals surface area contributed by atoms with Crippen molar-refractivity contribution in [2.75, 3.05) is 35.8 Å². The highest BCUT2D eigenvalue weighted by Gasteiger charge is 2.17. The van der Waals surface area contributed by atoms with Gasteiger partial charge in [-0.2, -0.15) is 4.98 Å². The van der Waals surface area contributed by atoms with Crippen LogP contribution in [0.2, 0.25) is 5.02 Å². The summed E-state index contributed by atoms with van der Waals surface area (Å²) in [5.41, 5.74) is 1.33. The van der Waals surface area contributed by atoms with Gasteiger partial charge in [0.15, 0.2) is 5.82 Å². The fourth-order valence-electron chi connectivity index (χ4n) is 2.89. The summed E-state index contributed by atoms with van der Waals surface area (Å²) in [6.45, 7) is 6.64. The van der Waals surface area contributed by atoms with Gasteiger partial charge in [0.25, 0.3) is 10.0 Å². The third kappa shape index (κ3) is 6.25. The molecule has 0 saturated heterocycles. The van der Waals surface area contributed by atoms with E-state index in [1.54, 1.807) is 37.6 Å². The molecule has 3 aromatic rings. The van der Waals surface area contributed by atoms with E-state index in [0.717, 1.165) is 5.41 Å². The molecule has 0 unspecified atom stereocenters. The molecular formula is C21H23ClN5O4PS. The van der Waals surface area contributed by atoms with Gasteiger partial charge in [0.2, 0.25) is 5.95 Å². The fraction of sp³-hybridized carbons (Fsp3) is 0.143. The zero-order chi connectivity index (χ0) is 24.2. The molecule has 2 aromatic carbocycles. The van der Waals surface area contributed by atoms with Gasteiger partial charge >= 0.3 is 0 Å². The molecule has 0 aliphatic heterocycles. The average molecular weight is 508 g/mol. The van der Waals surface area contributed by atoms with Crippen molar-refractivity contribution in [2.24, 2.45) is 0 Å². The average Bonchev–Trinajstić information content (AvgIpc) is 2.76. The quantitative estimate of drug-likeness (QED) is 0.354. The number of halogens is 1. The smallest absolute Gasteiger partial charge is 0.254 e. The van der Waals surface area contributed by atoms with Crippen LogP contribution in [0.1, 0.15) is 0 Å². The first kappa shape index (κ1) is 24.6. The van der Waals surface area contributed by atoms with Crippen molar-refractivity contribution >= 4 is 62.9 Å². The number of aromatic nitrogens is 2. The maximum Gasteiger partial charge on any atom is 0.254 e. The molecular weight excluding hydrogens is 485 g/mol. The van der Waals surface area contributed by atoms with Crippen LogP contribution in [0.15, 0.2) is 60.6 Å². The Balaban J connectivity index is 1.94. The second kappa shape index (κ2) is 9.82. The molecule has 0 atom stereocenters. The number of ether oxygens (including phenoxy) is 1. The van der Waals surface area contributed by atoms with Crippen molar-refractivity contribution in [2.45, 2.75) is 0 Å². The monoisotopic (exact) mass is 507 g/mol. The predicted molar refractivity (Wildman–Crippen MR) is 135 cm³/mol. The maximum absolute atomic E-state index is 12.7. The zero-order valence-corrected chi connectivity index (χ0v) is 20.6. The van der Waals surface area contributed by atoms with Gasteiger partial charge in [0.1, 0.15) is 17.9 Å². The lowest BCUT2D eigenvalue weighted by atomic mass is 10.2. The number of sulfonamides is 1. The zero-order valence-electron chi connectivity index (χ0n) is 18.2. The molecule has 174 valence electrons. The van der Waals surface area contributed by atoms with Crippen LogP contribution in [0.3, 0.4) is 0 Å². The predicted octanol–water partition coefficient (Wildman–Crippen LogP) is 4.76. The summed E-state index contributed by atoms with van der Waals surface area (Å²) >= 11 is 6.29. The lowest BCUT2D eigenvalue weighted by Gasteiger charge is -2.16. The Morgan fingerprint density at radius 3 is 2.52 bits per heavy atom. The number of benzene rings is 2. The van der Waals surface area contributed by atoms with Gasteiger partial charge in [-0.3, -0.25) is 4.72 Å². The van der Waals surface area contributed by atoms with Gasteiger partial charge in [-0.25, -0.2) is 13.4 Å². The van der Waals surface area contributed by atoms with Crippen LogP contribution in [0.4, 0.5) is 28.8 Å². The van der Waals surface area contributed by atoms with E-state index in [2.05, 4.69) is 31.9 Å². The Kier molecular flexibility index (Phi) is 7.31. The molecule has 1 aromatic heterocycles.